The maximum absolute atomic E-state index is 10.7. The monoisotopic (exact) mass is 247 g/mol. The number of nitrogens with one attached hydrogen (secondary N) is 1. The summed E-state index contributed by atoms with van der Waals surface area (Å²) in [5.74, 6) is -0.959. The Bertz CT molecular complexity index is 552. The molecular weight excluding hydrogens is 234 g/mol. The van der Waals surface area contributed by atoms with E-state index in [1.54, 1.807) is 24.4 Å². The second kappa shape index (κ2) is 4.89. The van der Waals surface area contributed by atoms with Crippen LogP contribution in [0.25, 0.3) is 11.3 Å². The highest BCUT2D eigenvalue weighted by Crippen LogP contribution is 2.28. The third kappa shape index (κ3) is 2.49. The lowest BCUT2D eigenvalue weighted by atomic mass is 10.0. The molecule has 0 radical (unpaired) electrons. The van der Waals surface area contributed by atoms with Gasteiger partial charge in [-0.1, -0.05) is 6.07 Å². The number of hydrogen-bond acceptors (Lipinski definition) is 4. The van der Waals surface area contributed by atoms with Crippen molar-refractivity contribution < 1.29 is 15.0 Å². The molecule has 1 heterocycles. The molecule has 1 aromatic carbocycles. The molecule has 0 aliphatic heterocycles. The molecule has 0 fully saturated rings. The third-order valence-corrected chi connectivity index (χ3v) is 2.61. The Morgan fingerprint density at radius 3 is 2.83 bits per heavy atom. The first-order chi connectivity index (χ1) is 8.58. The minimum atomic E-state index is -1.05. The van der Waals surface area contributed by atoms with Crippen molar-refractivity contribution in [2.75, 3.05) is 0 Å². The highest BCUT2D eigenvalue weighted by atomic mass is 16.4. The van der Waals surface area contributed by atoms with Crippen LogP contribution in [0.3, 0.4) is 0 Å². The third-order valence-electron chi connectivity index (χ3n) is 2.61. The van der Waals surface area contributed by atoms with E-state index in [1.807, 2.05) is 0 Å². The molecule has 5 N–H and O–H groups in total. The van der Waals surface area contributed by atoms with Gasteiger partial charge >= 0.3 is 5.97 Å². The fourth-order valence-electron chi connectivity index (χ4n) is 1.67. The Labute approximate surface area is 103 Å². The lowest BCUT2D eigenvalue weighted by Crippen LogP contribution is -2.32. The maximum Gasteiger partial charge on any atom is 0.320 e. The standard InChI is InChI=1S/C12H13N3O3/c13-9(12(17)18)6-7-1-2-11(16)8(5-7)10-3-4-14-15-10/h1-5,9,16H,6,13H2,(H,14,15)(H,17,18)/t9-/m0/s1. The zero-order chi connectivity index (χ0) is 13.1. The number of phenols is 1. The Balaban J connectivity index is 2.30. The number of aliphatic carboxylic acids is 1. The van der Waals surface area contributed by atoms with Gasteiger partial charge in [0.1, 0.15) is 11.8 Å². The summed E-state index contributed by atoms with van der Waals surface area (Å²) in [6.07, 6.45) is 1.84. The smallest absolute Gasteiger partial charge is 0.320 e. The predicted molar refractivity (Wildman–Crippen MR) is 65.0 cm³/mol. The summed E-state index contributed by atoms with van der Waals surface area (Å²) < 4.78 is 0. The van der Waals surface area contributed by atoms with Crippen LogP contribution in [-0.2, 0) is 11.2 Å². The lowest BCUT2D eigenvalue weighted by molar-refractivity contribution is -0.138. The molecule has 0 aliphatic rings. The number of hydrogen-bond donors (Lipinski definition) is 4. The van der Waals surface area contributed by atoms with E-state index < -0.39 is 12.0 Å². The van der Waals surface area contributed by atoms with Gasteiger partial charge in [0.05, 0.1) is 5.69 Å². The van der Waals surface area contributed by atoms with Gasteiger partial charge < -0.3 is 15.9 Å². The maximum atomic E-state index is 10.7. The average Bonchev–Trinajstić information content (AvgIpc) is 2.85. The number of nitrogens with zero attached hydrogens (tertiary/aromatic N) is 1. The van der Waals surface area contributed by atoms with Gasteiger partial charge in [0, 0.05) is 11.8 Å². The normalized spacial score (nSPS) is 12.3. The fourth-order valence-corrected chi connectivity index (χ4v) is 1.67. The van der Waals surface area contributed by atoms with E-state index in [9.17, 15) is 9.90 Å². The second-order valence-electron chi connectivity index (χ2n) is 3.96. The van der Waals surface area contributed by atoms with Crippen LogP contribution in [0.1, 0.15) is 5.56 Å². The van der Waals surface area contributed by atoms with Gasteiger partial charge in [-0.05, 0) is 30.2 Å². The number of rotatable bonds is 4. The van der Waals surface area contributed by atoms with Crippen molar-refractivity contribution in [3.63, 3.8) is 0 Å². The van der Waals surface area contributed by atoms with E-state index in [-0.39, 0.29) is 12.2 Å². The molecule has 0 aliphatic carbocycles. The summed E-state index contributed by atoms with van der Waals surface area (Å²) >= 11 is 0. The number of H-pyrrole nitrogens is 1. The number of carboxylic acid groups (broad SMARTS) is 1. The van der Waals surface area contributed by atoms with E-state index >= 15 is 0 Å². The molecule has 18 heavy (non-hydrogen) atoms. The summed E-state index contributed by atoms with van der Waals surface area (Å²) in [6, 6.07) is 5.61. The first-order valence-corrected chi connectivity index (χ1v) is 5.38. The van der Waals surface area contributed by atoms with Gasteiger partial charge in [-0.3, -0.25) is 9.89 Å². The van der Waals surface area contributed by atoms with Crippen molar-refractivity contribution in [1.29, 1.82) is 0 Å². The zero-order valence-corrected chi connectivity index (χ0v) is 9.50. The van der Waals surface area contributed by atoms with E-state index in [0.717, 1.165) is 5.56 Å². The molecule has 6 nitrogen and oxygen atoms in total. The molecule has 0 bridgehead atoms. The summed E-state index contributed by atoms with van der Waals surface area (Å²) in [4.78, 5) is 10.7. The summed E-state index contributed by atoms with van der Waals surface area (Å²) in [5.41, 5.74) is 7.35. The van der Waals surface area contributed by atoms with Gasteiger partial charge in [0.25, 0.3) is 0 Å². The molecule has 0 amide bonds. The lowest BCUT2D eigenvalue weighted by Gasteiger charge is -2.08. The Morgan fingerprint density at radius 2 is 2.22 bits per heavy atom. The van der Waals surface area contributed by atoms with Gasteiger partial charge in [0.2, 0.25) is 0 Å². The Kier molecular flexibility index (Phi) is 3.29. The number of phenolic OH excluding ortho intramolecular Hbond substituents is 1. The Hall–Kier alpha value is -2.34. The number of carboxylic acids is 1. The quantitative estimate of drug-likeness (QED) is 0.636. The number of aromatic nitrogens is 2. The molecule has 0 unspecified atom stereocenters. The van der Waals surface area contributed by atoms with Gasteiger partial charge in [0.15, 0.2) is 0 Å². The molecule has 0 saturated heterocycles. The molecule has 1 atom stereocenters. The van der Waals surface area contributed by atoms with Gasteiger partial charge in [-0.2, -0.15) is 5.10 Å². The molecule has 1 aromatic heterocycles. The van der Waals surface area contributed by atoms with Crippen LogP contribution in [0.15, 0.2) is 30.5 Å². The van der Waals surface area contributed by atoms with Crippen molar-refractivity contribution in [3.8, 4) is 17.0 Å². The summed E-state index contributed by atoms with van der Waals surface area (Å²) in [7, 11) is 0. The Morgan fingerprint density at radius 1 is 1.44 bits per heavy atom. The highest BCUT2D eigenvalue weighted by Gasteiger charge is 2.14. The second-order valence-corrected chi connectivity index (χ2v) is 3.96. The van der Waals surface area contributed by atoms with Crippen LogP contribution in [0.5, 0.6) is 5.75 Å². The van der Waals surface area contributed by atoms with Crippen molar-refractivity contribution in [2.45, 2.75) is 12.5 Å². The van der Waals surface area contributed by atoms with Crippen LogP contribution in [0, 0.1) is 0 Å². The van der Waals surface area contributed by atoms with Crippen LogP contribution in [0.4, 0.5) is 0 Å². The van der Waals surface area contributed by atoms with Crippen molar-refractivity contribution in [3.05, 3.63) is 36.0 Å². The van der Waals surface area contributed by atoms with Crippen LogP contribution in [0.2, 0.25) is 0 Å². The number of nitrogens with two attached hydrogens (primary N) is 1. The summed E-state index contributed by atoms with van der Waals surface area (Å²) in [6.45, 7) is 0. The van der Waals surface area contributed by atoms with E-state index in [2.05, 4.69) is 10.2 Å². The zero-order valence-electron chi connectivity index (χ0n) is 9.50. The first kappa shape index (κ1) is 12.1. The van der Waals surface area contributed by atoms with E-state index in [1.165, 1.54) is 6.07 Å². The molecular formula is C12H13N3O3. The van der Waals surface area contributed by atoms with Crippen LogP contribution in [-0.4, -0.2) is 32.4 Å². The highest BCUT2D eigenvalue weighted by molar-refractivity contribution is 5.74. The topological polar surface area (TPSA) is 112 Å². The van der Waals surface area contributed by atoms with Gasteiger partial charge in [-0.25, -0.2) is 0 Å². The van der Waals surface area contributed by atoms with E-state index in [0.29, 0.717) is 11.3 Å². The van der Waals surface area contributed by atoms with Crippen molar-refractivity contribution in [2.24, 2.45) is 5.73 Å². The number of carbonyl (C=O) groups is 1. The molecule has 94 valence electrons. The molecule has 2 aromatic rings. The minimum absolute atomic E-state index is 0.0924. The van der Waals surface area contributed by atoms with E-state index in [4.69, 9.17) is 10.8 Å². The largest absolute Gasteiger partial charge is 0.507 e. The molecule has 0 saturated carbocycles. The number of benzene rings is 1. The van der Waals surface area contributed by atoms with Crippen LogP contribution < -0.4 is 5.73 Å². The van der Waals surface area contributed by atoms with Crippen LogP contribution >= 0.6 is 0 Å². The van der Waals surface area contributed by atoms with Gasteiger partial charge in [-0.15, -0.1) is 0 Å². The predicted octanol–water partition coefficient (Wildman–Crippen LogP) is 0.737. The number of aromatic hydroxyl groups is 1. The number of aromatic amines is 1. The molecule has 2 rings (SSSR count). The average molecular weight is 247 g/mol. The fraction of sp³-hybridized carbons (Fsp3) is 0.167. The molecule has 0 spiro atoms. The SMILES string of the molecule is N[C@@H](Cc1ccc(O)c(-c2cc[nH]n2)c1)C(=O)O. The molecule has 6 heteroatoms. The minimum Gasteiger partial charge on any atom is -0.507 e. The first-order valence-electron chi connectivity index (χ1n) is 5.38. The summed E-state index contributed by atoms with van der Waals surface area (Å²) in [5, 5.41) is 25.1. The van der Waals surface area contributed by atoms with Crippen molar-refractivity contribution >= 4 is 5.97 Å². The van der Waals surface area contributed by atoms with Crippen molar-refractivity contribution in [1.82, 2.24) is 10.2 Å².